The van der Waals surface area contributed by atoms with Gasteiger partial charge in [-0.2, -0.15) is 0 Å². The van der Waals surface area contributed by atoms with Crippen molar-refractivity contribution in [3.05, 3.63) is 0 Å². The number of hydrogen-bond donors (Lipinski definition) is 4. The van der Waals surface area contributed by atoms with Gasteiger partial charge in [0, 0.05) is 24.9 Å². The molecule has 0 bridgehead atoms. The second kappa shape index (κ2) is 11.3. The third-order valence-corrected chi connectivity index (χ3v) is 4.52. The first-order chi connectivity index (χ1) is 12.6. The van der Waals surface area contributed by atoms with Gasteiger partial charge in [-0.1, -0.05) is 48.5 Å². The van der Waals surface area contributed by atoms with Gasteiger partial charge in [0.05, 0.1) is 13.2 Å². The molecule has 0 aromatic heterocycles. The van der Waals surface area contributed by atoms with Gasteiger partial charge in [0.15, 0.2) is 0 Å². The van der Waals surface area contributed by atoms with E-state index in [2.05, 4.69) is 10.6 Å². The summed E-state index contributed by atoms with van der Waals surface area (Å²) < 4.78 is 21.8. The molecule has 0 aromatic carbocycles. The van der Waals surface area contributed by atoms with Crippen LogP contribution in [-0.4, -0.2) is 54.2 Å². The fourth-order valence-electron chi connectivity index (χ4n) is 1.80. The number of amides is 2. The van der Waals surface area contributed by atoms with Crippen molar-refractivity contribution in [1.82, 2.24) is 10.6 Å². The van der Waals surface area contributed by atoms with Crippen molar-refractivity contribution in [2.75, 3.05) is 26.3 Å². The van der Waals surface area contributed by atoms with Crippen LogP contribution in [0.4, 0.5) is 0 Å². The van der Waals surface area contributed by atoms with Crippen LogP contribution in [0, 0.1) is 16.7 Å². The number of phosphoric ester groups is 1. The lowest BCUT2D eigenvalue weighted by atomic mass is 9.87. The van der Waals surface area contributed by atoms with Crippen LogP contribution in [0.15, 0.2) is 0 Å². The van der Waals surface area contributed by atoms with Gasteiger partial charge in [-0.15, -0.1) is 0 Å². The molecule has 0 rings (SSSR count). The summed E-state index contributed by atoms with van der Waals surface area (Å²) in [6, 6.07) is 0. The van der Waals surface area contributed by atoms with Crippen LogP contribution in [0.1, 0.15) is 54.9 Å². The Kier molecular flexibility index (Phi) is 10.9. The minimum absolute atomic E-state index is 0.0170. The Morgan fingerprint density at radius 3 is 2.07 bits per heavy atom. The van der Waals surface area contributed by atoms with E-state index < -0.39 is 25.2 Å². The molecule has 4 N–H and O–H groups in total. The zero-order chi connectivity index (χ0) is 22.2. The van der Waals surface area contributed by atoms with E-state index in [1.165, 1.54) is 13.8 Å². The molecule has 2 atom stereocenters. The minimum atomic E-state index is -4.30. The summed E-state index contributed by atoms with van der Waals surface area (Å²) in [5, 5.41) is 15.4. The first-order valence-corrected chi connectivity index (χ1v) is 10.9. The van der Waals surface area contributed by atoms with E-state index in [9.17, 15) is 24.2 Å². The van der Waals surface area contributed by atoms with Crippen molar-refractivity contribution in [2.24, 2.45) is 16.7 Å². The Labute approximate surface area is 168 Å². The third-order valence-electron chi connectivity index (χ3n) is 3.61. The molecule has 2 unspecified atom stereocenters. The summed E-state index contributed by atoms with van der Waals surface area (Å²) >= 11 is 0. The Morgan fingerprint density at radius 2 is 1.57 bits per heavy atom. The van der Waals surface area contributed by atoms with Gasteiger partial charge < -0.3 is 20.6 Å². The number of aliphatic hydroxyl groups is 1. The van der Waals surface area contributed by atoms with E-state index in [1.807, 2.05) is 34.6 Å². The molecule has 0 aliphatic carbocycles. The third kappa shape index (κ3) is 12.5. The number of hydrogen-bond acceptors (Lipinski definition) is 6. The summed E-state index contributed by atoms with van der Waals surface area (Å²) in [5.74, 6) is -0.548. The van der Waals surface area contributed by atoms with Crippen molar-refractivity contribution in [3.8, 4) is 0 Å². The largest absolute Gasteiger partial charge is 0.472 e. The van der Waals surface area contributed by atoms with Crippen LogP contribution in [0.25, 0.3) is 0 Å². The summed E-state index contributed by atoms with van der Waals surface area (Å²) in [5.41, 5.74) is -1.47. The molecule has 0 saturated heterocycles. The molecule has 166 valence electrons. The van der Waals surface area contributed by atoms with Gasteiger partial charge in [-0.25, -0.2) is 4.57 Å². The fourth-order valence-corrected chi connectivity index (χ4v) is 2.92. The maximum Gasteiger partial charge on any atom is 0.472 e. The smallest absolute Gasteiger partial charge is 0.383 e. The van der Waals surface area contributed by atoms with Gasteiger partial charge in [0.25, 0.3) is 0 Å². The predicted molar refractivity (Wildman–Crippen MR) is 106 cm³/mol. The molecule has 0 spiro atoms. The molecule has 0 aromatic rings. The Morgan fingerprint density at radius 1 is 1.04 bits per heavy atom. The highest BCUT2D eigenvalue weighted by Gasteiger charge is 2.37. The molecule has 9 nitrogen and oxygen atoms in total. The van der Waals surface area contributed by atoms with Gasteiger partial charge in [-0.05, 0) is 11.3 Å². The van der Waals surface area contributed by atoms with Gasteiger partial charge in [0.1, 0.15) is 6.10 Å². The highest BCUT2D eigenvalue weighted by atomic mass is 31.2. The van der Waals surface area contributed by atoms with Crippen LogP contribution in [0.3, 0.4) is 0 Å². The van der Waals surface area contributed by atoms with Gasteiger partial charge in [0.2, 0.25) is 11.8 Å². The van der Waals surface area contributed by atoms with Crippen molar-refractivity contribution >= 4 is 19.6 Å². The first-order valence-electron chi connectivity index (χ1n) is 9.40. The molecule has 28 heavy (non-hydrogen) atoms. The molecule has 10 heteroatoms. The predicted octanol–water partition coefficient (Wildman–Crippen LogP) is 1.83. The van der Waals surface area contributed by atoms with Crippen molar-refractivity contribution in [3.63, 3.8) is 0 Å². The lowest BCUT2D eigenvalue weighted by Gasteiger charge is -2.30. The quantitative estimate of drug-likeness (QED) is 0.351. The SMILES string of the molecule is CC(C)CNC(=O)CCNC(=O)C(O)C(C)(C)COP(=O)(O)OCC(C)(C)C. The van der Waals surface area contributed by atoms with Crippen molar-refractivity contribution in [1.29, 1.82) is 0 Å². The number of carbonyl (C=O) groups excluding carboxylic acids is 2. The van der Waals surface area contributed by atoms with E-state index in [-0.39, 0.29) is 37.5 Å². The normalized spacial score (nSPS) is 15.8. The fraction of sp³-hybridized carbons (Fsp3) is 0.889. The zero-order valence-corrected chi connectivity index (χ0v) is 19.0. The lowest BCUT2D eigenvalue weighted by molar-refractivity contribution is -0.137. The van der Waals surface area contributed by atoms with Crippen LogP contribution in [0.5, 0.6) is 0 Å². The average molecular weight is 424 g/mol. The molecule has 0 aliphatic heterocycles. The number of carbonyl (C=O) groups is 2. The molecule has 0 saturated carbocycles. The Balaban J connectivity index is 4.44. The van der Waals surface area contributed by atoms with Crippen molar-refractivity contribution in [2.45, 2.75) is 61.0 Å². The molecule has 0 fully saturated rings. The van der Waals surface area contributed by atoms with E-state index >= 15 is 0 Å². The van der Waals surface area contributed by atoms with E-state index in [0.717, 1.165) is 0 Å². The van der Waals surface area contributed by atoms with Crippen LogP contribution in [0.2, 0.25) is 0 Å². The zero-order valence-electron chi connectivity index (χ0n) is 18.1. The molecule has 0 aliphatic rings. The maximum atomic E-state index is 12.1. The molecular formula is C18H37N2O7P. The highest BCUT2D eigenvalue weighted by molar-refractivity contribution is 7.47. The number of phosphoric acid groups is 1. The van der Waals surface area contributed by atoms with E-state index in [4.69, 9.17) is 9.05 Å². The van der Waals surface area contributed by atoms with Gasteiger partial charge in [-0.3, -0.25) is 18.6 Å². The van der Waals surface area contributed by atoms with E-state index in [0.29, 0.717) is 12.5 Å². The maximum absolute atomic E-state index is 12.1. The van der Waals surface area contributed by atoms with Crippen LogP contribution in [-0.2, 0) is 23.2 Å². The molecule has 0 radical (unpaired) electrons. The van der Waals surface area contributed by atoms with Crippen molar-refractivity contribution < 1.29 is 33.2 Å². The average Bonchev–Trinajstić information content (AvgIpc) is 2.55. The van der Waals surface area contributed by atoms with Crippen LogP contribution >= 0.6 is 7.82 Å². The highest BCUT2D eigenvalue weighted by Crippen LogP contribution is 2.46. The summed E-state index contributed by atoms with van der Waals surface area (Å²) in [7, 11) is -4.30. The molecule has 0 heterocycles. The lowest BCUT2D eigenvalue weighted by Crippen LogP contribution is -2.46. The van der Waals surface area contributed by atoms with Crippen LogP contribution < -0.4 is 10.6 Å². The summed E-state index contributed by atoms with van der Waals surface area (Å²) in [4.78, 5) is 33.5. The summed E-state index contributed by atoms with van der Waals surface area (Å²) in [6.45, 7) is 12.8. The Bertz CT molecular complexity index is 559. The summed E-state index contributed by atoms with van der Waals surface area (Å²) in [6.07, 6.45) is -1.40. The minimum Gasteiger partial charge on any atom is -0.383 e. The monoisotopic (exact) mass is 424 g/mol. The second-order valence-corrected chi connectivity index (χ2v) is 10.7. The number of nitrogens with one attached hydrogen (secondary N) is 2. The molecule has 2 amide bonds. The topological polar surface area (TPSA) is 134 Å². The molecular weight excluding hydrogens is 387 g/mol. The van der Waals surface area contributed by atoms with Gasteiger partial charge >= 0.3 is 7.82 Å². The first kappa shape index (κ1) is 27.0. The second-order valence-electron chi connectivity index (χ2n) is 9.21. The number of rotatable bonds is 12. The number of aliphatic hydroxyl groups excluding tert-OH is 1. The Hall–Kier alpha value is -0.990. The van der Waals surface area contributed by atoms with E-state index in [1.54, 1.807) is 0 Å². The standard InChI is InChI=1S/C18H37N2O7P/c1-13(2)10-20-14(21)8-9-19-16(23)15(22)18(6,7)12-27-28(24,25)26-11-17(3,4)5/h13,15,22H,8-12H2,1-7H3,(H,19,23)(H,20,21)(H,24,25).